The fourth-order valence-corrected chi connectivity index (χ4v) is 2.59. The average Bonchev–Trinajstić information content (AvgIpc) is 2.99. The van der Waals surface area contributed by atoms with Gasteiger partial charge in [-0.05, 0) is 49.9 Å². The van der Waals surface area contributed by atoms with Crippen LogP contribution in [0.15, 0.2) is 29.3 Å². The highest BCUT2D eigenvalue weighted by atomic mass is 19.1. The molecule has 1 unspecified atom stereocenters. The van der Waals surface area contributed by atoms with Crippen LogP contribution in [0.25, 0.3) is 5.69 Å². The van der Waals surface area contributed by atoms with E-state index in [2.05, 4.69) is 47.6 Å². The molecule has 28 heavy (non-hydrogen) atoms. The van der Waals surface area contributed by atoms with Crippen LogP contribution in [-0.4, -0.2) is 35.4 Å². The van der Waals surface area contributed by atoms with Crippen LogP contribution in [0.2, 0.25) is 0 Å². The van der Waals surface area contributed by atoms with Crippen molar-refractivity contribution in [3.63, 3.8) is 0 Å². The fourth-order valence-electron chi connectivity index (χ4n) is 2.59. The maximum atomic E-state index is 13.1. The summed E-state index contributed by atoms with van der Waals surface area (Å²) in [5.41, 5.74) is 7.69. The first-order valence-corrected chi connectivity index (χ1v) is 9.38. The van der Waals surface area contributed by atoms with E-state index < -0.39 is 0 Å². The SMILES string of the molecule is CN=C(NCCCc1nn(-c2ccc(F)cc2)c(N)c1C#N)NC(C)C(C)C. The summed E-state index contributed by atoms with van der Waals surface area (Å²) in [5.74, 6) is 1.17. The maximum absolute atomic E-state index is 13.1. The summed E-state index contributed by atoms with van der Waals surface area (Å²) in [7, 11) is 1.74. The number of guanidine groups is 1. The van der Waals surface area contributed by atoms with Gasteiger partial charge in [-0.3, -0.25) is 4.99 Å². The van der Waals surface area contributed by atoms with E-state index in [4.69, 9.17) is 5.73 Å². The van der Waals surface area contributed by atoms with E-state index >= 15 is 0 Å². The first-order chi connectivity index (χ1) is 13.4. The monoisotopic (exact) mass is 385 g/mol. The predicted molar refractivity (Wildman–Crippen MR) is 110 cm³/mol. The van der Waals surface area contributed by atoms with Gasteiger partial charge in [0, 0.05) is 19.6 Å². The number of aromatic nitrogens is 2. The van der Waals surface area contributed by atoms with Crippen molar-refractivity contribution in [2.45, 2.75) is 39.7 Å². The number of nitriles is 1. The Kier molecular flexibility index (Phi) is 7.38. The van der Waals surface area contributed by atoms with Crippen LogP contribution < -0.4 is 16.4 Å². The number of aryl methyl sites for hydroxylation is 1. The molecule has 0 aliphatic carbocycles. The molecule has 0 aliphatic rings. The second kappa shape index (κ2) is 9.74. The van der Waals surface area contributed by atoms with Crippen LogP contribution in [0, 0.1) is 23.1 Å². The quantitative estimate of drug-likeness (QED) is 0.386. The van der Waals surface area contributed by atoms with Gasteiger partial charge in [0.05, 0.1) is 11.4 Å². The molecular weight excluding hydrogens is 357 g/mol. The number of nitrogens with two attached hydrogens (primary N) is 1. The van der Waals surface area contributed by atoms with E-state index in [0.717, 1.165) is 12.4 Å². The Morgan fingerprint density at radius 1 is 1.32 bits per heavy atom. The molecule has 0 amide bonds. The van der Waals surface area contributed by atoms with E-state index in [1.165, 1.54) is 16.8 Å². The van der Waals surface area contributed by atoms with E-state index in [1.54, 1.807) is 19.2 Å². The number of halogens is 1. The van der Waals surface area contributed by atoms with Gasteiger partial charge in [0.1, 0.15) is 23.3 Å². The lowest BCUT2D eigenvalue weighted by Gasteiger charge is -2.20. The van der Waals surface area contributed by atoms with Gasteiger partial charge in [-0.2, -0.15) is 10.4 Å². The summed E-state index contributed by atoms with van der Waals surface area (Å²) in [4.78, 5) is 4.23. The predicted octanol–water partition coefficient (Wildman–Crippen LogP) is 2.61. The van der Waals surface area contributed by atoms with Crippen LogP contribution in [-0.2, 0) is 6.42 Å². The maximum Gasteiger partial charge on any atom is 0.191 e. The van der Waals surface area contributed by atoms with E-state index in [9.17, 15) is 9.65 Å². The zero-order chi connectivity index (χ0) is 20.7. The van der Waals surface area contributed by atoms with Gasteiger partial charge >= 0.3 is 0 Å². The minimum atomic E-state index is -0.338. The van der Waals surface area contributed by atoms with Crippen molar-refractivity contribution in [1.82, 2.24) is 20.4 Å². The van der Waals surface area contributed by atoms with E-state index in [0.29, 0.717) is 41.9 Å². The molecule has 2 rings (SSSR count). The topological polar surface area (TPSA) is 104 Å². The number of hydrogen-bond donors (Lipinski definition) is 3. The van der Waals surface area contributed by atoms with Gasteiger partial charge in [0.2, 0.25) is 0 Å². The number of aliphatic imine (C=N–C) groups is 1. The summed E-state index contributed by atoms with van der Waals surface area (Å²) < 4.78 is 14.6. The summed E-state index contributed by atoms with van der Waals surface area (Å²) in [6, 6.07) is 8.27. The van der Waals surface area contributed by atoms with Crippen molar-refractivity contribution in [3.8, 4) is 11.8 Å². The molecule has 0 bridgehead atoms. The van der Waals surface area contributed by atoms with Gasteiger partial charge < -0.3 is 16.4 Å². The van der Waals surface area contributed by atoms with Gasteiger partial charge in [-0.25, -0.2) is 9.07 Å². The molecule has 1 atom stereocenters. The van der Waals surface area contributed by atoms with Gasteiger partial charge in [-0.1, -0.05) is 13.8 Å². The van der Waals surface area contributed by atoms with Gasteiger partial charge in [-0.15, -0.1) is 0 Å². The molecule has 0 fully saturated rings. The molecule has 1 aromatic carbocycles. The molecule has 2 aromatic rings. The van der Waals surface area contributed by atoms with Gasteiger partial charge in [0.15, 0.2) is 5.96 Å². The second-order valence-corrected chi connectivity index (χ2v) is 6.99. The van der Waals surface area contributed by atoms with Crippen molar-refractivity contribution in [1.29, 1.82) is 5.26 Å². The Morgan fingerprint density at radius 2 is 2.00 bits per heavy atom. The lowest BCUT2D eigenvalue weighted by molar-refractivity contribution is 0.480. The Bertz CT molecular complexity index is 847. The van der Waals surface area contributed by atoms with Gasteiger partial charge in [0.25, 0.3) is 0 Å². The molecule has 8 heteroatoms. The largest absolute Gasteiger partial charge is 0.382 e. The van der Waals surface area contributed by atoms with E-state index in [-0.39, 0.29) is 11.6 Å². The first kappa shape index (κ1) is 21.2. The summed E-state index contributed by atoms with van der Waals surface area (Å²) in [6.07, 6.45) is 1.34. The molecule has 150 valence electrons. The lowest BCUT2D eigenvalue weighted by Crippen LogP contribution is -2.44. The third-order valence-electron chi connectivity index (χ3n) is 4.65. The zero-order valence-electron chi connectivity index (χ0n) is 16.8. The summed E-state index contributed by atoms with van der Waals surface area (Å²) in [6.45, 7) is 7.09. The molecule has 0 spiro atoms. The van der Waals surface area contributed by atoms with Crippen LogP contribution in [0.1, 0.15) is 38.4 Å². The Morgan fingerprint density at radius 3 is 2.57 bits per heavy atom. The number of rotatable bonds is 7. The molecule has 1 aromatic heterocycles. The minimum absolute atomic E-state index is 0.264. The van der Waals surface area contributed by atoms with Crippen LogP contribution >= 0.6 is 0 Å². The summed E-state index contributed by atoms with van der Waals surface area (Å²) in [5, 5.41) is 20.5. The lowest BCUT2D eigenvalue weighted by atomic mass is 10.1. The fraction of sp³-hybridized carbons (Fsp3) is 0.450. The number of anilines is 1. The third-order valence-corrected chi connectivity index (χ3v) is 4.65. The zero-order valence-corrected chi connectivity index (χ0v) is 16.8. The summed E-state index contributed by atoms with van der Waals surface area (Å²) >= 11 is 0. The standard InChI is InChI=1S/C20H28FN7/c1-13(2)14(3)26-20(24-4)25-11-5-6-18-17(12-22)19(23)28(27-18)16-9-7-15(21)8-10-16/h7-10,13-14H,5-6,11,23H2,1-4H3,(H2,24,25,26). The number of benzene rings is 1. The van der Waals surface area contributed by atoms with Crippen molar-refractivity contribution in [2.24, 2.45) is 10.9 Å². The minimum Gasteiger partial charge on any atom is -0.382 e. The molecule has 0 saturated heterocycles. The molecule has 0 saturated carbocycles. The van der Waals surface area contributed by atoms with Crippen LogP contribution in [0.4, 0.5) is 10.2 Å². The molecule has 0 aliphatic heterocycles. The van der Waals surface area contributed by atoms with E-state index in [1.807, 2.05) is 0 Å². The molecule has 1 heterocycles. The average molecular weight is 385 g/mol. The molecule has 7 nitrogen and oxygen atoms in total. The third kappa shape index (κ3) is 5.22. The van der Waals surface area contributed by atoms with Crippen molar-refractivity contribution < 1.29 is 4.39 Å². The smallest absolute Gasteiger partial charge is 0.191 e. The highest BCUT2D eigenvalue weighted by Crippen LogP contribution is 2.21. The molecular formula is C20H28FN7. The van der Waals surface area contributed by atoms with Crippen molar-refractivity contribution in [2.75, 3.05) is 19.3 Å². The highest BCUT2D eigenvalue weighted by Gasteiger charge is 2.16. The number of hydrogen-bond acceptors (Lipinski definition) is 4. The normalized spacial score (nSPS) is 12.7. The van der Waals surface area contributed by atoms with Crippen LogP contribution in [0.3, 0.4) is 0 Å². The Labute approximate surface area is 165 Å². The second-order valence-electron chi connectivity index (χ2n) is 6.99. The van der Waals surface area contributed by atoms with Crippen LogP contribution in [0.5, 0.6) is 0 Å². The number of nitrogen functional groups attached to an aromatic ring is 1. The molecule has 4 N–H and O–H groups in total. The molecule has 0 radical (unpaired) electrons. The number of nitrogens with one attached hydrogen (secondary N) is 2. The van der Waals surface area contributed by atoms with Crippen molar-refractivity contribution in [3.05, 3.63) is 41.3 Å². The Hall–Kier alpha value is -3.08. The highest BCUT2D eigenvalue weighted by molar-refractivity contribution is 5.79. The Balaban J connectivity index is 2.00. The number of nitrogens with zero attached hydrogens (tertiary/aromatic N) is 4. The van der Waals surface area contributed by atoms with Crippen molar-refractivity contribution >= 4 is 11.8 Å². The first-order valence-electron chi connectivity index (χ1n) is 9.38.